The third-order valence-electron chi connectivity index (χ3n) is 2.61. The molecule has 0 radical (unpaired) electrons. The summed E-state index contributed by atoms with van der Waals surface area (Å²) in [5.74, 6) is 0.590. The average molecular weight is 366 g/mol. The van der Waals surface area contributed by atoms with E-state index in [1.54, 1.807) is 6.07 Å². The normalized spacial score (nSPS) is 11.6. The van der Waals surface area contributed by atoms with Crippen molar-refractivity contribution in [1.29, 1.82) is 0 Å². The fourth-order valence-corrected chi connectivity index (χ4v) is 3.23. The second-order valence-electron chi connectivity index (χ2n) is 4.16. The number of sulfonamides is 1. The van der Waals surface area contributed by atoms with E-state index in [-0.39, 0.29) is 11.4 Å². The average Bonchev–Trinajstić information content (AvgIpc) is 2.42. The summed E-state index contributed by atoms with van der Waals surface area (Å²) in [7, 11) is -1.99. The maximum atomic E-state index is 12.0. The van der Waals surface area contributed by atoms with Gasteiger partial charge >= 0.3 is 0 Å². The van der Waals surface area contributed by atoms with Crippen LogP contribution in [0.4, 0.5) is 0 Å². The Morgan fingerprint density at radius 2 is 2.05 bits per heavy atom. The molecule has 0 saturated carbocycles. The minimum absolute atomic E-state index is 0.193. The Balaban J connectivity index is 2.54. The smallest absolute Gasteiger partial charge is 0.240 e. The van der Waals surface area contributed by atoms with Crippen molar-refractivity contribution >= 4 is 26.0 Å². The summed E-state index contributed by atoms with van der Waals surface area (Å²) in [6, 6.07) is 4.62. The van der Waals surface area contributed by atoms with Crippen molar-refractivity contribution in [3.63, 3.8) is 0 Å². The fourth-order valence-electron chi connectivity index (χ4n) is 1.49. The topological polar surface area (TPSA) is 64.6 Å². The van der Waals surface area contributed by atoms with Crippen LogP contribution in [0.25, 0.3) is 0 Å². The molecule has 0 aliphatic rings. The van der Waals surface area contributed by atoms with Crippen LogP contribution in [0, 0.1) is 0 Å². The van der Waals surface area contributed by atoms with Gasteiger partial charge in [0.15, 0.2) is 0 Å². The molecule has 0 aliphatic carbocycles. The molecule has 7 heteroatoms. The van der Waals surface area contributed by atoms with Gasteiger partial charge in [0.2, 0.25) is 10.0 Å². The van der Waals surface area contributed by atoms with Crippen LogP contribution in [-0.4, -0.2) is 35.3 Å². The second kappa shape index (κ2) is 8.61. The summed E-state index contributed by atoms with van der Waals surface area (Å²) in [5, 5.41) is 0. The third-order valence-corrected chi connectivity index (χ3v) is 4.69. The van der Waals surface area contributed by atoms with Gasteiger partial charge in [-0.3, -0.25) is 0 Å². The van der Waals surface area contributed by atoms with E-state index in [1.807, 2.05) is 0 Å². The van der Waals surface area contributed by atoms with Crippen molar-refractivity contribution in [1.82, 2.24) is 4.72 Å². The Morgan fingerprint density at radius 3 is 2.65 bits per heavy atom. The van der Waals surface area contributed by atoms with E-state index in [4.69, 9.17) is 9.47 Å². The molecule has 0 fully saturated rings. The molecule has 0 aliphatic heterocycles. The van der Waals surface area contributed by atoms with E-state index in [9.17, 15) is 8.42 Å². The first-order chi connectivity index (χ1) is 9.51. The van der Waals surface area contributed by atoms with Gasteiger partial charge < -0.3 is 9.47 Å². The molecule has 1 rings (SSSR count). The van der Waals surface area contributed by atoms with E-state index in [1.165, 1.54) is 19.2 Å². The molecule has 0 heterocycles. The molecule has 5 nitrogen and oxygen atoms in total. The standard InChI is InChI=1S/C13H20BrNO4S/c1-3-4-8-19-9-7-15-20(16,17)11-5-6-13(18-2)12(14)10-11/h5-6,10,15H,3-4,7-9H2,1-2H3. The second-order valence-corrected chi connectivity index (χ2v) is 6.78. The van der Waals surface area contributed by atoms with Crippen LogP contribution in [0.15, 0.2) is 27.6 Å². The molecular weight excluding hydrogens is 346 g/mol. The van der Waals surface area contributed by atoms with Crippen LogP contribution in [0.2, 0.25) is 0 Å². The highest BCUT2D eigenvalue weighted by molar-refractivity contribution is 9.10. The lowest BCUT2D eigenvalue weighted by Gasteiger charge is -2.09. The molecule has 1 aromatic rings. The van der Waals surface area contributed by atoms with Gasteiger partial charge in [0.1, 0.15) is 5.75 Å². The van der Waals surface area contributed by atoms with Gasteiger partial charge in [0, 0.05) is 13.2 Å². The summed E-state index contributed by atoms with van der Waals surface area (Å²) in [5.41, 5.74) is 0. The van der Waals surface area contributed by atoms with Crippen LogP contribution >= 0.6 is 15.9 Å². The number of methoxy groups -OCH3 is 1. The van der Waals surface area contributed by atoms with Gasteiger partial charge in [-0.25, -0.2) is 13.1 Å². The SMILES string of the molecule is CCCCOCCNS(=O)(=O)c1ccc(OC)c(Br)c1. The number of nitrogens with one attached hydrogen (secondary N) is 1. The molecule has 20 heavy (non-hydrogen) atoms. The Kier molecular flexibility index (Phi) is 7.50. The van der Waals surface area contributed by atoms with Crippen molar-refractivity contribution in [3.05, 3.63) is 22.7 Å². The van der Waals surface area contributed by atoms with E-state index >= 15 is 0 Å². The summed E-state index contributed by atoms with van der Waals surface area (Å²) < 4.78 is 37.6. The Hall–Kier alpha value is -0.630. The van der Waals surface area contributed by atoms with E-state index in [0.717, 1.165) is 12.8 Å². The number of hydrogen-bond acceptors (Lipinski definition) is 4. The van der Waals surface area contributed by atoms with Gasteiger partial charge in [0.25, 0.3) is 0 Å². The van der Waals surface area contributed by atoms with Crippen molar-refractivity contribution < 1.29 is 17.9 Å². The Morgan fingerprint density at radius 1 is 1.30 bits per heavy atom. The molecular formula is C13H20BrNO4S. The molecule has 0 aromatic heterocycles. The number of rotatable bonds is 9. The maximum absolute atomic E-state index is 12.0. The summed E-state index contributed by atoms with van der Waals surface area (Å²) in [4.78, 5) is 0.193. The number of hydrogen-bond donors (Lipinski definition) is 1. The first-order valence-corrected chi connectivity index (χ1v) is 8.70. The molecule has 0 atom stereocenters. The van der Waals surface area contributed by atoms with Gasteiger partial charge in [-0.15, -0.1) is 0 Å². The first-order valence-electron chi connectivity index (χ1n) is 6.42. The molecule has 0 bridgehead atoms. The van der Waals surface area contributed by atoms with Gasteiger partial charge in [-0.05, 0) is 40.5 Å². The molecule has 0 amide bonds. The van der Waals surface area contributed by atoms with Crippen LogP contribution in [0.5, 0.6) is 5.75 Å². The summed E-state index contributed by atoms with van der Waals surface area (Å²) in [6.45, 7) is 3.37. The minimum Gasteiger partial charge on any atom is -0.496 e. The lowest BCUT2D eigenvalue weighted by atomic mass is 10.3. The van der Waals surface area contributed by atoms with E-state index < -0.39 is 10.0 Å². The molecule has 1 N–H and O–H groups in total. The van der Waals surface area contributed by atoms with E-state index in [0.29, 0.717) is 23.4 Å². The van der Waals surface area contributed by atoms with Crippen molar-refractivity contribution in [2.45, 2.75) is 24.7 Å². The number of halogens is 1. The zero-order chi connectivity index (χ0) is 15.0. The monoisotopic (exact) mass is 365 g/mol. The van der Waals surface area contributed by atoms with Crippen molar-refractivity contribution in [3.8, 4) is 5.75 Å². The summed E-state index contributed by atoms with van der Waals surface area (Å²) >= 11 is 3.27. The number of benzene rings is 1. The molecule has 114 valence electrons. The van der Waals surface area contributed by atoms with E-state index in [2.05, 4.69) is 27.6 Å². The fraction of sp³-hybridized carbons (Fsp3) is 0.538. The van der Waals surface area contributed by atoms with Crippen LogP contribution < -0.4 is 9.46 Å². The molecule has 0 unspecified atom stereocenters. The largest absolute Gasteiger partial charge is 0.496 e. The molecule has 1 aromatic carbocycles. The van der Waals surface area contributed by atoms with Crippen LogP contribution in [0.3, 0.4) is 0 Å². The molecule has 0 saturated heterocycles. The highest BCUT2D eigenvalue weighted by Gasteiger charge is 2.15. The highest BCUT2D eigenvalue weighted by atomic mass is 79.9. The minimum atomic E-state index is -3.52. The Labute approximate surface area is 128 Å². The number of unbranched alkanes of at least 4 members (excludes halogenated alkanes) is 1. The highest BCUT2D eigenvalue weighted by Crippen LogP contribution is 2.27. The van der Waals surface area contributed by atoms with Gasteiger partial charge in [-0.1, -0.05) is 13.3 Å². The van der Waals surface area contributed by atoms with Crippen LogP contribution in [0.1, 0.15) is 19.8 Å². The zero-order valence-electron chi connectivity index (χ0n) is 11.7. The Bertz CT molecular complexity index is 519. The summed E-state index contributed by atoms with van der Waals surface area (Å²) in [6.07, 6.45) is 2.05. The number of ether oxygens (including phenoxy) is 2. The predicted octanol–water partition coefficient (Wildman–Crippen LogP) is 2.55. The predicted molar refractivity (Wildman–Crippen MR) is 81.6 cm³/mol. The molecule has 0 spiro atoms. The van der Waals surface area contributed by atoms with Crippen molar-refractivity contribution in [2.24, 2.45) is 0 Å². The van der Waals surface area contributed by atoms with Crippen LogP contribution in [-0.2, 0) is 14.8 Å². The van der Waals surface area contributed by atoms with Crippen molar-refractivity contribution in [2.75, 3.05) is 26.9 Å². The first kappa shape index (κ1) is 17.4. The zero-order valence-corrected chi connectivity index (χ0v) is 14.1. The van der Waals surface area contributed by atoms with Gasteiger partial charge in [-0.2, -0.15) is 0 Å². The maximum Gasteiger partial charge on any atom is 0.240 e. The lowest BCUT2D eigenvalue weighted by molar-refractivity contribution is 0.136. The lowest BCUT2D eigenvalue weighted by Crippen LogP contribution is -2.27. The van der Waals surface area contributed by atoms with Gasteiger partial charge in [0.05, 0.1) is 23.1 Å². The third kappa shape index (κ3) is 5.40. The quantitative estimate of drug-likeness (QED) is 0.683.